The van der Waals surface area contributed by atoms with E-state index >= 15 is 0 Å². The van der Waals surface area contributed by atoms with Crippen molar-refractivity contribution >= 4 is 12.1 Å². The molecule has 29 heavy (non-hydrogen) atoms. The average Bonchev–Trinajstić information content (AvgIpc) is 3.22. The highest BCUT2D eigenvalue weighted by Crippen LogP contribution is 2.29. The number of H-pyrrole nitrogens is 1. The van der Waals surface area contributed by atoms with Gasteiger partial charge in [-0.25, -0.2) is 5.43 Å². The Labute approximate surface area is 169 Å². The van der Waals surface area contributed by atoms with Gasteiger partial charge in [0.15, 0.2) is 0 Å². The van der Waals surface area contributed by atoms with Crippen molar-refractivity contribution in [2.24, 2.45) is 5.10 Å². The molecule has 4 aromatic rings. The number of carbonyl (C=O) groups excluding carboxylic acids is 1. The van der Waals surface area contributed by atoms with Crippen molar-refractivity contribution in [1.29, 1.82) is 0 Å². The van der Waals surface area contributed by atoms with Crippen molar-refractivity contribution in [3.63, 3.8) is 0 Å². The molecule has 4 rings (SSSR count). The zero-order valence-corrected chi connectivity index (χ0v) is 16.1. The molecule has 0 radical (unpaired) electrons. The summed E-state index contributed by atoms with van der Waals surface area (Å²) in [6.45, 7) is 2.03. The van der Waals surface area contributed by atoms with Crippen LogP contribution in [0.4, 0.5) is 0 Å². The van der Waals surface area contributed by atoms with Crippen molar-refractivity contribution in [3.05, 3.63) is 108 Å². The predicted octanol–water partition coefficient (Wildman–Crippen LogP) is 5.42. The topological polar surface area (TPSA) is 57.2 Å². The van der Waals surface area contributed by atoms with Crippen molar-refractivity contribution in [1.82, 2.24) is 10.4 Å². The molecule has 0 spiro atoms. The lowest BCUT2D eigenvalue weighted by Gasteiger charge is -2.03. The summed E-state index contributed by atoms with van der Waals surface area (Å²) in [4.78, 5) is 16.1. The van der Waals surface area contributed by atoms with Crippen LogP contribution in [0.2, 0.25) is 0 Å². The van der Waals surface area contributed by atoms with Crippen LogP contribution in [0.5, 0.6) is 0 Å². The molecule has 2 N–H and O–H groups in total. The molecule has 0 saturated carbocycles. The zero-order chi connectivity index (χ0) is 20.1. The Bertz CT molecular complexity index is 1130. The van der Waals surface area contributed by atoms with Crippen molar-refractivity contribution in [2.75, 3.05) is 0 Å². The second-order valence-electron chi connectivity index (χ2n) is 6.81. The summed E-state index contributed by atoms with van der Waals surface area (Å²) in [6, 6.07) is 29.7. The third kappa shape index (κ3) is 4.33. The molecule has 0 bridgehead atoms. The summed E-state index contributed by atoms with van der Waals surface area (Å²) < 4.78 is 0. The molecule has 0 aliphatic carbocycles. The molecule has 0 saturated heterocycles. The van der Waals surface area contributed by atoms with Crippen LogP contribution in [0.25, 0.3) is 22.4 Å². The number of hydrazone groups is 1. The maximum atomic E-state index is 12.9. The monoisotopic (exact) mass is 379 g/mol. The summed E-state index contributed by atoms with van der Waals surface area (Å²) >= 11 is 0. The molecule has 1 heterocycles. The summed E-state index contributed by atoms with van der Waals surface area (Å²) in [7, 11) is 0. The van der Waals surface area contributed by atoms with Crippen LogP contribution in [0.3, 0.4) is 0 Å². The fourth-order valence-electron chi connectivity index (χ4n) is 3.13. The average molecular weight is 379 g/mol. The van der Waals surface area contributed by atoms with E-state index in [0.717, 1.165) is 27.9 Å². The van der Waals surface area contributed by atoms with Gasteiger partial charge >= 0.3 is 0 Å². The van der Waals surface area contributed by atoms with E-state index in [2.05, 4.69) is 15.5 Å². The number of hydrogen-bond acceptors (Lipinski definition) is 2. The first-order valence-corrected chi connectivity index (χ1v) is 9.44. The standard InChI is InChI=1S/C25H21N3O/c1-18-12-14-19(15-13-18)17-26-28-25(29)24-22(20-8-4-2-5-9-20)16-23(27-24)21-10-6-3-7-11-21/h2-17,27H,1H3,(H,28,29)/b26-17-. The Kier molecular flexibility index (Phi) is 5.34. The van der Waals surface area contributed by atoms with Gasteiger partial charge in [0.05, 0.1) is 6.21 Å². The molecule has 4 heteroatoms. The molecular weight excluding hydrogens is 358 g/mol. The number of amides is 1. The van der Waals surface area contributed by atoms with E-state index in [-0.39, 0.29) is 5.91 Å². The van der Waals surface area contributed by atoms with Gasteiger partial charge in [0.2, 0.25) is 0 Å². The molecule has 1 amide bonds. The Morgan fingerprint density at radius 1 is 0.862 bits per heavy atom. The molecule has 142 valence electrons. The SMILES string of the molecule is Cc1ccc(/C=N\NC(=O)c2[nH]c(-c3ccccc3)cc2-c2ccccc2)cc1. The number of aromatic nitrogens is 1. The number of benzene rings is 3. The largest absolute Gasteiger partial charge is 0.350 e. The molecule has 0 aliphatic rings. The minimum absolute atomic E-state index is 0.283. The second kappa shape index (κ2) is 8.40. The smallest absolute Gasteiger partial charge is 0.288 e. The molecular formula is C25H21N3O. The van der Waals surface area contributed by atoms with E-state index in [1.807, 2.05) is 97.9 Å². The van der Waals surface area contributed by atoms with Gasteiger partial charge in [-0.05, 0) is 29.7 Å². The van der Waals surface area contributed by atoms with Crippen LogP contribution in [0.15, 0.2) is 96.1 Å². The Morgan fingerprint density at radius 3 is 2.14 bits per heavy atom. The number of aryl methyl sites for hydroxylation is 1. The highest BCUT2D eigenvalue weighted by Gasteiger charge is 2.17. The summed E-state index contributed by atoms with van der Waals surface area (Å²) in [6.07, 6.45) is 1.64. The van der Waals surface area contributed by atoms with E-state index in [9.17, 15) is 4.79 Å². The second-order valence-corrected chi connectivity index (χ2v) is 6.81. The highest BCUT2D eigenvalue weighted by molar-refractivity contribution is 6.01. The van der Waals surface area contributed by atoms with Crippen molar-refractivity contribution < 1.29 is 4.79 Å². The maximum absolute atomic E-state index is 12.9. The third-order valence-electron chi connectivity index (χ3n) is 4.67. The van der Waals surface area contributed by atoms with Gasteiger partial charge in [0.1, 0.15) is 5.69 Å². The quantitative estimate of drug-likeness (QED) is 0.353. The van der Waals surface area contributed by atoms with Gasteiger partial charge < -0.3 is 4.98 Å². The lowest BCUT2D eigenvalue weighted by Crippen LogP contribution is -2.18. The van der Waals surface area contributed by atoms with E-state index < -0.39 is 0 Å². The Balaban J connectivity index is 1.63. The number of carbonyl (C=O) groups is 1. The lowest BCUT2D eigenvalue weighted by molar-refractivity contribution is 0.0951. The van der Waals surface area contributed by atoms with Gasteiger partial charge in [0.25, 0.3) is 5.91 Å². The van der Waals surface area contributed by atoms with Crippen LogP contribution in [0.1, 0.15) is 21.6 Å². The normalized spacial score (nSPS) is 10.9. The van der Waals surface area contributed by atoms with Crippen LogP contribution in [-0.2, 0) is 0 Å². The molecule has 0 aliphatic heterocycles. The zero-order valence-electron chi connectivity index (χ0n) is 16.1. The molecule has 3 aromatic carbocycles. The number of nitrogens with zero attached hydrogens (tertiary/aromatic N) is 1. The lowest BCUT2D eigenvalue weighted by atomic mass is 10.0. The van der Waals surface area contributed by atoms with E-state index in [1.54, 1.807) is 6.21 Å². The minimum Gasteiger partial charge on any atom is -0.350 e. The first-order valence-electron chi connectivity index (χ1n) is 9.44. The minimum atomic E-state index is -0.283. The fraction of sp³-hybridized carbons (Fsp3) is 0.0400. The fourth-order valence-corrected chi connectivity index (χ4v) is 3.13. The molecule has 4 nitrogen and oxygen atoms in total. The van der Waals surface area contributed by atoms with Crippen molar-refractivity contribution in [3.8, 4) is 22.4 Å². The summed E-state index contributed by atoms with van der Waals surface area (Å²) in [5.74, 6) is -0.283. The molecule has 0 atom stereocenters. The first-order chi connectivity index (χ1) is 14.2. The van der Waals surface area contributed by atoms with Crippen LogP contribution in [0, 0.1) is 6.92 Å². The maximum Gasteiger partial charge on any atom is 0.288 e. The third-order valence-corrected chi connectivity index (χ3v) is 4.67. The molecule has 1 aromatic heterocycles. The van der Waals surface area contributed by atoms with Gasteiger partial charge in [-0.3, -0.25) is 4.79 Å². The number of aromatic amines is 1. The van der Waals surface area contributed by atoms with E-state index in [1.165, 1.54) is 5.56 Å². The van der Waals surface area contributed by atoms with Gasteiger partial charge in [-0.2, -0.15) is 5.10 Å². The van der Waals surface area contributed by atoms with E-state index in [0.29, 0.717) is 5.69 Å². The summed E-state index contributed by atoms with van der Waals surface area (Å²) in [5, 5.41) is 4.12. The van der Waals surface area contributed by atoms with Crippen LogP contribution in [-0.4, -0.2) is 17.1 Å². The first kappa shape index (κ1) is 18.4. The van der Waals surface area contributed by atoms with Gasteiger partial charge in [-0.1, -0.05) is 90.5 Å². The number of hydrogen-bond donors (Lipinski definition) is 2. The van der Waals surface area contributed by atoms with Crippen molar-refractivity contribution in [2.45, 2.75) is 6.92 Å². The molecule has 0 fully saturated rings. The van der Waals surface area contributed by atoms with E-state index in [4.69, 9.17) is 0 Å². The predicted molar refractivity (Wildman–Crippen MR) is 118 cm³/mol. The Morgan fingerprint density at radius 2 is 1.48 bits per heavy atom. The highest BCUT2D eigenvalue weighted by atomic mass is 16.2. The number of rotatable bonds is 5. The number of nitrogens with one attached hydrogen (secondary N) is 2. The van der Waals surface area contributed by atoms with Gasteiger partial charge in [0, 0.05) is 11.3 Å². The van der Waals surface area contributed by atoms with Gasteiger partial charge in [-0.15, -0.1) is 0 Å². The summed E-state index contributed by atoms with van der Waals surface area (Å²) in [5.41, 5.74) is 8.94. The van der Waals surface area contributed by atoms with Crippen LogP contribution >= 0.6 is 0 Å². The van der Waals surface area contributed by atoms with Crippen LogP contribution < -0.4 is 5.43 Å². The Hall–Kier alpha value is -3.92. The molecule has 0 unspecified atom stereocenters.